The number of carbonyl (C=O) groups is 2. The smallest absolute Gasteiger partial charge is 0.269 e. The van der Waals surface area contributed by atoms with Gasteiger partial charge in [0.2, 0.25) is 5.91 Å². The standard InChI is InChI=1S/C21H19F2N5O3S/c1-2-11-28-18(12-31-17-6-4-3-5-16(17)23)24-27-21(28)32-13-19(29)25-26-20(30)14-7-9-15(22)10-8-14/h2-10H,1,11-13H2,(H,25,29)(H,26,30). The van der Waals surface area contributed by atoms with Crippen LogP contribution in [-0.4, -0.2) is 32.3 Å². The number of benzene rings is 2. The third-order valence-electron chi connectivity index (χ3n) is 4.05. The Labute approximate surface area is 186 Å². The first-order valence-corrected chi connectivity index (χ1v) is 10.3. The monoisotopic (exact) mass is 459 g/mol. The minimum absolute atomic E-state index is 0.0255. The fraction of sp³-hybridized carbons (Fsp3) is 0.143. The molecule has 3 aromatic rings. The largest absolute Gasteiger partial charge is 0.483 e. The predicted molar refractivity (Wildman–Crippen MR) is 114 cm³/mol. The Morgan fingerprint density at radius 1 is 1.09 bits per heavy atom. The van der Waals surface area contributed by atoms with Crippen LogP contribution in [0.1, 0.15) is 16.2 Å². The summed E-state index contributed by atoms with van der Waals surface area (Å²) in [4.78, 5) is 24.0. The molecule has 0 aliphatic rings. The van der Waals surface area contributed by atoms with Crippen LogP contribution in [0.2, 0.25) is 0 Å². The maximum Gasteiger partial charge on any atom is 0.269 e. The predicted octanol–water partition coefficient (Wildman–Crippen LogP) is 2.87. The lowest BCUT2D eigenvalue weighted by atomic mass is 10.2. The van der Waals surface area contributed by atoms with E-state index < -0.39 is 23.4 Å². The van der Waals surface area contributed by atoms with Gasteiger partial charge in [-0.2, -0.15) is 0 Å². The van der Waals surface area contributed by atoms with Crippen molar-refractivity contribution in [2.75, 3.05) is 5.75 Å². The van der Waals surface area contributed by atoms with E-state index in [-0.39, 0.29) is 23.7 Å². The number of ether oxygens (including phenoxy) is 1. The van der Waals surface area contributed by atoms with Gasteiger partial charge in [0, 0.05) is 12.1 Å². The fourth-order valence-electron chi connectivity index (χ4n) is 2.52. The van der Waals surface area contributed by atoms with Crippen LogP contribution in [0.25, 0.3) is 0 Å². The quantitative estimate of drug-likeness (QED) is 0.290. The summed E-state index contributed by atoms with van der Waals surface area (Å²) in [5.41, 5.74) is 4.73. The molecule has 166 valence electrons. The number of rotatable bonds is 9. The van der Waals surface area contributed by atoms with Gasteiger partial charge in [-0.1, -0.05) is 30.0 Å². The first-order valence-electron chi connectivity index (χ1n) is 9.35. The van der Waals surface area contributed by atoms with Crippen molar-refractivity contribution in [1.29, 1.82) is 0 Å². The number of allylic oxidation sites excluding steroid dienone is 1. The van der Waals surface area contributed by atoms with Crippen molar-refractivity contribution in [3.05, 3.63) is 84.2 Å². The number of nitrogens with one attached hydrogen (secondary N) is 2. The summed E-state index contributed by atoms with van der Waals surface area (Å²) in [5.74, 6) is -1.56. The van der Waals surface area contributed by atoms with E-state index in [1.807, 2.05) is 0 Å². The number of hydrogen-bond donors (Lipinski definition) is 2. The third-order valence-corrected chi connectivity index (χ3v) is 5.02. The number of aromatic nitrogens is 3. The van der Waals surface area contributed by atoms with E-state index in [2.05, 4.69) is 27.6 Å². The lowest BCUT2D eigenvalue weighted by Crippen LogP contribution is -2.42. The molecule has 0 saturated carbocycles. The number of hydrogen-bond acceptors (Lipinski definition) is 6. The highest BCUT2D eigenvalue weighted by Gasteiger charge is 2.15. The lowest BCUT2D eigenvalue weighted by molar-refractivity contribution is -0.119. The molecule has 0 aliphatic carbocycles. The Kier molecular flexibility index (Phi) is 7.92. The molecule has 11 heteroatoms. The molecule has 0 fully saturated rings. The van der Waals surface area contributed by atoms with Gasteiger partial charge in [-0.05, 0) is 36.4 Å². The van der Waals surface area contributed by atoms with Crippen LogP contribution in [0.4, 0.5) is 8.78 Å². The topological polar surface area (TPSA) is 98.1 Å². The van der Waals surface area contributed by atoms with Crippen LogP contribution in [0.15, 0.2) is 66.3 Å². The summed E-state index contributed by atoms with van der Waals surface area (Å²) in [6.07, 6.45) is 1.63. The second kappa shape index (κ2) is 11.0. The molecule has 1 heterocycles. The van der Waals surface area contributed by atoms with Gasteiger partial charge < -0.3 is 4.74 Å². The summed E-state index contributed by atoms with van der Waals surface area (Å²) in [6, 6.07) is 10.9. The van der Waals surface area contributed by atoms with Gasteiger partial charge in [-0.3, -0.25) is 25.0 Å². The van der Waals surface area contributed by atoms with Gasteiger partial charge in [0.25, 0.3) is 5.91 Å². The summed E-state index contributed by atoms with van der Waals surface area (Å²) >= 11 is 1.09. The molecular weight excluding hydrogens is 440 g/mol. The van der Waals surface area contributed by atoms with Crippen LogP contribution in [-0.2, 0) is 17.9 Å². The Morgan fingerprint density at radius 2 is 1.84 bits per heavy atom. The average Bonchev–Trinajstić information content (AvgIpc) is 3.17. The lowest BCUT2D eigenvalue weighted by Gasteiger charge is -2.10. The Bertz CT molecular complexity index is 1110. The fourth-order valence-corrected chi connectivity index (χ4v) is 3.28. The molecule has 0 radical (unpaired) electrons. The van der Waals surface area contributed by atoms with E-state index in [1.165, 1.54) is 24.3 Å². The highest BCUT2D eigenvalue weighted by Crippen LogP contribution is 2.20. The van der Waals surface area contributed by atoms with E-state index in [4.69, 9.17) is 4.74 Å². The maximum atomic E-state index is 13.7. The first-order chi connectivity index (χ1) is 15.5. The number of amides is 2. The van der Waals surface area contributed by atoms with E-state index in [9.17, 15) is 18.4 Å². The van der Waals surface area contributed by atoms with Crippen molar-refractivity contribution in [2.24, 2.45) is 0 Å². The maximum absolute atomic E-state index is 13.7. The van der Waals surface area contributed by atoms with Crippen molar-refractivity contribution >= 4 is 23.6 Å². The number of hydrazine groups is 1. The van der Waals surface area contributed by atoms with Crippen molar-refractivity contribution in [2.45, 2.75) is 18.3 Å². The molecule has 0 aliphatic heterocycles. The molecular formula is C21H19F2N5O3S. The molecule has 3 rings (SSSR count). The Balaban J connectivity index is 1.54. The van der Waals surface area contributed by atoms with Gasteiger partial charge in [0.1, 0.15) is 12.4 Å². The van der Waals surface area contributed by atoms with E-state index in [0.717, 1.165) is 23.9 Å². The number of halogens is 2. The molecule has 2 N–H and O–H groups in total. The zero-order valence-corrected chi connectivity index (χ0v) is 17.6. The highest BCUT2D eigenvalue weighted by molar-refractivity contribution is 7.99. The van der Waals surface area contributed by atoms with Gasteiger partial charge in [-0.25, -0.2) is 8.78 Å². The Morgan fingerprint density at radius 3 is 2.56 bits per heavy atom. The van der Waals surface area contributed by atoms with E-state index >= 15 is 0 Å². The second-order valence-electron chi connectivity index (χ2n) is 6.32. The van der Waals surface area contributed by atoms with Gasteiger partial charge in [0.05, 0.1) is 5.75 Å². The van der Waals surface area contributed by atoms with Crippen molar-refractivity contribution in [1.82, 2.24) is 25.6 Å². The van der Waals surface area contributed by atoms with Gasteiger partial charge in [-0.15, -0.1) is 16.8 Å². The summed E-state index contributed by atoms with van der Waals surface area (Å²) in [7, 11) is 0. The van der Waals surface area contributed by atoms with Crippen molar-refractivity contribution in [3.63, 3.8) is 0 Å². The summed E-state index contributed by atoms with van der Waals surface area (Å²) in [6.45, 7) is 4.02. The van der Waals surface area contributed by atoms with Crippen LogP contribution < -0.4 is 15.6 Å². The molecule has 0 saturated heterocycles. The van der Waals surface area contributed by atoms with E-state index in [0.29, 0.717) is 17.5 Å². The minimum atomic E-state index is -0.578. The average molecular weight is 459 g/mol. The van der Waals surface area contributed by atoms with Gasteiger partial charge >= 0.3 is 0 Å². The normalized spacial score (nSPS) is 10.4. The summed E-state index contributed by atoms with van der Waals surface area (Å²) in [5, 5.41) is 8.52. The molecule has 0 spiro atoms. The molecule has 0 bridgehead atoms. The third kappa shape index (κ3) is 6.14. The van der Waals surface area contributed by atoms with Crippen LogP contribution >= 0.6 is 11.8 Å². The van der Waals surface area contributed by atoms with Crippen LogP contribution in [0, 0.1) is 11.6 Å². The van der Waals surface area contributed by atoms with Crippen LogP contribution in [0.5, 0.6) is 5.75 Å². The van der Waals surface area contributed by atoms with Crippen molar-refractivity contribution in [3.8, 4) is 5.75 Å². The van der Waals surface area contributed by atoms with Gasteiger partial charge in [0.15, 0.2) is 22.5 Å². The number of para-hydroxylation sites is 1. The SMILES string of the molecule is C=CCn1c(COc2ccccc2F)nnc1SCC(=O)NNC(=O)c1ccc(F)cc1. The first kappa shape index (κ1) is 22.9. The van der Waals surface area contributed by atoms with Crippen molar-refractivity contribution < 1.29 is 23.1 Å². The van der Waals surface area contributed by atoms with Crippen LogP contribution in [0.3, 0.4) is 0 Å². The molecule has 2 aromatic carbocycles. The highest BCUT2D eigenvalue weighted by atomic mass is 32.2. The van der Waals surface area contributed by atoms with E-state index in [1.54, 1.807) is 22.8 Å². The minimum Gasteiger partial charge on any atom is -0.483 e. The Hall–Kier alpha value is -3.73. The molecule has 1 aromatic heterocycles. The zero-order chi connectivity index (χ0) is 22.9. The molecule has 0 unspecified atom stereocenters. The molecule has 0 atom stereocenters. The molecule has 2 amide bonds. The number of thioether (sulfide) groups is 1. The second-order valence-corrected chi connectivity index (χ2v) is 7.26. The number of carbonyl (C=O) groups excluding carboxylic acids is 2. The molecule has 8 nitrogen and oxygen atoms in total. The number of nitrogens with zero attached hydrogens (tertiary/aromatic N) is 3. The summed E-state index contributed by atoms with van der Waals surface area (Å²) < 4.78 is 33.8. The molecule has 32 heavy (non-hydrogen) atoms. The zero-order valence-electron chi connectivity index (χ0n) is 16.8.